The second-order valence-electron chi connectivity index (χ2n) is 8.85. The Morgan fingerprint density at radius 1 is 1.31 bits per heavy atom. The Bertz CT molecular complexity index is 1380. The summed E-state index contributed by atoms with van der Waals surface area (Å²) in [6, 6.07) is 9.12. The molecular weight excluding hydrogens is 551 g/mol. The Morgan fingerprint density at radius 2 is 2.11 bits per heavy atom. The number of fused-ring (bicyclic) bond motifs is 3. The number of nitrogens with zero attached hydrogens (tertiary/aromatic N) is 3. The van der Waals surface area contributed by atoms with Crippen molar-refractivity contribution in [1.29, 1.82) is 0 Å². The van der Waals surface area contributed by atoms with Crippen molar-refractivity contribution in [3.8, 4) is 5.75 Å². The van der Waals surface area contributed by atoms with Gasteiger partial charge in [0.15, 0.2) is 5.16 Å². The fraction of sp³-hybridized carbons (Fsp3) is 0.385. The molecule has 9 heteroatoms. The molecule has 0 bridgehead atoms. The highest BCUT2D eigenvalue weighted by molar-refractivity contribution is 9.10. The quantitative estimate of drug-likeness (QED) is 0.209. The van der Waals surface area contributed by atoms with E-state index in [1.807, 2.05) is 30.5 Å². The van der Waals surface area contributed by atoms with Gasteiger partial charge in [-0.2, -0.15) is 0 Å². The number of halogens is 3. The topological polar surface area (TPSA) is 50.3 Å². The van der Waals surface area contributed by atoms with E-state index >= 15 is 4.39 Å². The lowest BCUT2D eigenvalue weighted by molar-refractivity contribution is 0.0710. The van der Waals surface area contributed by atoms with Gasteiger partial charge in [0.25, 0.3) is 0 Å². The van der Waals surface area contributed by atoms with Crippen molar-refractivity contribution in [2.24, 2.45) is 0 Å². The highest BCUT2D eigenvalue weighted by Crippen LogP contribution is 2.51. The number of rotatable bonds is 5. The van der Waals surface area contributed by atoms with E-state index in [2.05, 4.69) is 26.2 Å². The van der Waals surface area contributed by atoms with E-state index in [0.717, 1.165) is 11.3 Å². The first-order valence-corrected chi connectivity index (χ1v) is 13.7. The van der Waals surface area contributed by atoms with E-state index in [4.69, 9.17) is 25.4 Å². The van der Waals surface area contributed by atoms with Crippen molar-refractivity contribution in [3.63, 3.8) is 0 Å². The second kappa shape index (κ2) is 9.88. The van der Waals surface area contributed by atoms with E-state index in [-0.39, 0.29) is 17.5 Å². The molecular formula is C26H27BrClFN4OS. The maximum Gasteiger partial charge on any atom is 0.188 e. The minimum Gasteiger partial charge on any atom is -0.497 e. The highest BCUT2D eigenvalue weighted by atomic mass is 79.9. The van der Waals surface area contributed by atoms with Crippen LogP contribution < -0.4 is 10.1 Å². The average Bonchev–Trinajstić information content (AvgIpc) is 2.89. The molecule has 0 saturated heterocycles. The minimum atomic E-state index is -2.45. The van der Waals surface area contributed by atoms with E-state index in [0.29, 0.717) is 69.9 Å². The van der Waals surface area contributed by atoms with Gasteiger partial charge < -0.3 is 10.1 Å². The van der Waals surface area contributed by atoms with Gasteiger partial charge in [-0.3, -0.25) is 4.90 Å². The second-order valence-corrected chi connectivity index (χ2v) is 10.8. The van der Waals surface area contributed by atoms with Crippen molar-refractivity contribution in [2.75, 3.05) is 25.7 Å². The molecule has 1 unspecified atom stereocenters. The van der Waals surface area contributed by atoms with Gasteiger partial charge >= 0.3 is 0 Å². The summed E-state index contributed by atoms with van der Waals surface area (Å²) in [6.45, 7) is -1.94. The van der Waals surface area contributed by atoms with Crippen LogP contribution in [-0.2, 0) is 31.5 Å². The number of ether oxygens (including phenoxy) is 1. The van der Waals surface area contributed by atoms with Gasteiger partial charge in [-0.05, 0) is 83.3 Å². The number of thioether (sulfide) groups is 1. The Balaban J connectivity index is 1.62. The van der Waals surface area contributed by atoms with Crippen molar-refractivity contribution in [2.45, 2.75) is 49.5 Å². The summed E-state index contributed by atoms with van der Waals surface area (Å²) in [5, 5.41) is 4.14. The van der Waals surface area contributed by atoms with Gasteiger partial charge in [-0.15, -0.1) is 0 Å². The maximum absolute atomic E-state index is 15.7. The molecule has 1 N–H and O–H groups in total. The molecule has 1 atom stereocenters. The van der Waals surface area contributed by atoms with Crippen molar-refractivity contribution >= 4 is 45.0 Å². The zero-order valence-electron chi connectivity index (χ0n) is 22.4. The molecule has 0 saturated carbocycles. The molecule has 1 aromatic heterocycles. The molecule has 2 aliphatic rings. The minimum absolute atomic E-state index is 0.0519. The normalized spacial score (nSPS) is 21.0. The molecule has 2 heterocycles. The standard InChI is InChI=1S/C26H27BrClFN4OS/c1-33-14-18-21(31-25(35-3)32-24(18)28)12-26(33)10-4-5-17-19(29)11-20(23(27)22(17)26)30-13-15-6-8-16(34-2)9-7-15/h6-9,11,30H,4-5,10,12-14H2,1-3H3/i1D3. The largest absolute Gasteiger partial charge is 0.497 e. The van der Waals surface area contributed by atoms with E-state index in [1.165, 1.54) is 22.7 Å². The van der Waals surface area contributed by atoms with Crippen LogP contribution in [0.5, 0.6) is 5.75 Å². The predicted octanol–water partition coefficient (Wildman–Crippen LogP) is 6.59. The molecule has 1 spiro atoms. The summed E-state index contributed by atoms with van der Waals surface area (Å²) in [6.07, 6.45) is 3.90. The Hall–Kier alpha value is -1.87. The number of anilines is 1. The lowest BCUT2D eigenvalue weighted by Gasteiger charge is -2.49. The molecule has 0 radical (unpaired) electrons. The van der Waals surface area contributed by atoms with Crippen molar-refractivity contribution in [3.05, 3.63) is 73.7 Å². The van der Waals surface area contributed by atoms with Crippen molar-refractivity contribution in [1.82, 2.24) is 14.9 Å². The zero-order chi connectivity index (χ0) is 27.2. The first-order chi connectivity index (χ1) is 18.1. The number of benzene rings is 2. The molecule has 184 valence electrons. The van der Waals surface area contributed by atoms with Crippen LogP contribution in [-0.4, -0.2) is 35.2 Å². The van der Waals surface area contributed by atoms with E-state index in [1.54, 1.807) is 7.11 Å². The summed E-state index contributed by atoms with van der Waals surface area (Å²) in [5.41, 5.74) is 3.12. The van der Waals surface area contributed by atoms with E-state index in [9.17, 15) is 0 Å². The van der Waals surface area contributed by atoms with Crippen LogP contribution in [0.1, 0.15) is 44.9 Å². The number of hydrogen-bond donors (Lipinski definition) is 1. The van der Waals surface area contributed by atoms with Crippen LogP contribution in [0.15, 0.2) is 40.0 Å². The molecule has 3 aromatic rings. The molecule has 5 rings (SSSR count). The number of aromatic nitrogens is 2. The van der Waals surface area contributed by atoms with E-state index < -0.39 is 12.5 Å². The maximum atomic E-state index is 15.7. The molecule has 2 aromatic carbocycles. The fourth-order valence-corrected chi connectivity index (χ4v) is 6.69. The lowest BCUT2D eigenvalue weighted by atomic mass is 9.70. The first-order valence-electron chi connectivity index (χ1n) is 12.8. The molecule has 35 heavy (non-hydrogen) atoms. The summed E-state index contributed by atoms with van der Waals surface area (Å²) >= 11 is 11.6. The van der Waals surface area contributed by atoms with Crippen LogP contribution in [0.25, 0.3) is 0 Å². The van der Waals surface area contributed by atoms with Crippen molar-refractivity contribution < 1.29 is 13.2 Å². The van der Waals surface area contributed by atoms with Gasteiger partial charge in [0.1, 0.15) is 16.7 Å². The van der Waals surface area contributed by atoms with Gasteiger partial charge in [0.05, 0.1) is 24.0 Å². The SMILES string of the molecule is [2H]C([2H])([2H])N1Cc2c(Cl)nc(SC)nc2CC12CCCc1c(F)cc(NCc3ccc(OC)cc3)c(Br)c12. The smallest absolute Gasteiger partial charge is 0.188 e. The predicted molar refractivity (Wildman–Crippen MR) is 143 cm³/mol. The lowest BCUT2D eigenvalue weighted by Crippen LogP contribution is -2.51. The monoisotopic (exact) mass is 579 g/mol. The number of hydrogen-bond acceptors (Lipinski definition) is 6. The summed E-state index contributed by atoms with van der Waals surface area (Å²) < 4.78 is 47.0. The average molecular weight is 581 g/mol. The van der Waals surface area contributed by atoms with Crippen LogP contribution >= 0.6 is 39.3 Å². The summed E-state index contributed by atoms with van der Waals surface area (Å²) in [4.78, 5) is 10.5. The van der Waals surface area contributed by atoms with Crippen LogP contribution in [0.2, 0.25) is 5.15 Å². The van der Waals surface area contributed by atoms with Gasteiger partial charge in [0.2, 0.25) is 0 Å². The summed E-state index contributed by atoms with van der Waals surface area (Å²) in [7, 11) is 1.62. The first kappa shape index (κ1) is 21.2. The third kappa shape index (κ3) is 4.43. The van der Waals surface area contributed by atoms with Crippen LogP contribution in [0, 0.1) is 5.82 Å². The Labute approximate surface area is 227 Å². The van der Waals surface area contributed by atoms with Crippen LogP contribution in [0.3, 0.4) is 0 Å². The summed E-state index contributed by atoms with van der Waals surface area (Å²) in [5.74, 6) is 0.411. The van der Waals surface area contributed by atoms with Gasteiger partial charge in [0, 0.05) is 33.7 Å². The third-order valence-electron chi connectivity index (χ3n) is 6.94. The number of methoxy groups -OCH3 is 1. The Kier molecular flexibility index (Phi) is 6.00. The van der Waals surface area contributed by atoms with Gasteiger partial charge in [-0.1, -0.05) is 35.5 Å². The molecule has 1 aliphatic heterocycles. The van der Waals surface area contributed by atoms with Crippen LogP contribution in [0.4, 0.5) is 10.1 Å². The molecule has 0 amide bonds. The molecule has 0 fully saturated rings. The zero-order valence-corrected chi connectivity index (χ0v) is 22.6. The highest BCUT2D eigenvalue weighted by Gasteiger charge is 2.47. The molecule has 5 nitrogen and oxygen atoms in total. The number of nitrogens with one attached hydrogen (secondary N) is 1. The Morgan fingerprint density at radius 3 is 2.83 bits per heavy atom. The number of likely N-dealkylation sites (N-methyl/N-ethyl adjacent to an activating group) is 1. The van der Waals surface area contributed by atoms with Gasteiger partial charge in [-0.25, -0.2) is 14.4 Å². The fourth-order valence-electron chi connectivity index (χ4n) is 5.15. The third-order valence-corrected chi connectivity index (χ3v) is 8.62. The molecule has 1 aliphatic carbocycles.